The summed E-state index contributed by atoms with van der Waals surface area (Å²) in [5.74, 6) is -15.2. The van der Waals surface area contributed by atoms with Gasteiger partial charge in [0.1, 0.15) is 6.61 Å². The number of alkyl halides is 7. The summed E-state index contributed by atoms with van der Waals surface area (Å²) in [6, 6.07) is 0. The molecule has 0 aromatic carbocycles. The fraction of sp³-hybridized carbons (Fsp3) is 0.952. The fourth-order valence-corrected chi connectivity index (χ4v) is 7.95. The summed E-state index contributed by atoms with van der Waals surface area (Å²) in [6.45, 7) is 2.20. The highest BCUT2D eigenvalue weighted by molar-refractivity contribution is 5.74. The molecule has 0 amide bonds. The van der Waals surface area contributed by atoms with Gasteiger partial charge < -0.3 is 14.6 Å². The molecule has 11 unspecified atom stereocenters. The topological polar surface area (TPSA) is 55.8 Å². The first kappa shape index (κ1) is 22.7. The molecule has 1 N–H and O–H groups in total. The van der Waals surface area contributed by atoms with Gasteiger partial charge in [0.2, 0.25) is 6.10 Å². The maximum Gasteiger partial charge on any atom is 0.449 e. The number of hydrogen-bond donors (Lipinski definition) is 1. The van der Waals surface area contributed by atoms with Crippen molar-refractivity contribution in [3.8, 4) is 0 Å². The molecule has 5 aliphatic rings. The highest BCUT2D eigenvalue weighted by atomic mass is 19.4. The monoisotopic (exact) mass is 474 g/mol. The number of ether oxygens (including phenoxy) is 2. The lowest BCUT2D eigenvalue weighted by molar-refractivity contribution is -0.479. The molecule has 5 fully saturated rings. The molecule has 0 aromatic rings. The Morgan fingerprint density at radius 1 is 0.969 bits per heavy atom. The SMILES string of the molecule is CC1C(C)C2CC1C1C3CC(C(=O)OC4C(F)(F)COC(O)(C(F)(F)F)C4(F)F)C(C3)C21. The van der Waals surface area contributed by atoms with Crippen LogP contribution in [0, 0.1) is 53.3 Å². The van der Waals surface area contributed by atoms with Gasteiger partial charge in [-0.25, -0.2) is 0 Å². The Kier molecular flexibility index (Phi) is 4.62. The largest absolute Gasteiger partial charge is 0.449 e. The maximum atomic E-state index is 14.5. The van der Waals surface area contributed by atoms with Crippen molar-refractivity contribution in [2.75, 3.05) is 6.61 Å². The molecule has 11 heteroatoms. The van der Waals surface area contributed by atoms with Crippen molar-refractivity contribution in [3.05, 3.63) is 0 Å². The number of carbonyl (C=O) groups is 1. The summed E-state index contributed by atoms with van der Waals surface area (Å²) in [5.41, 5.74) is 0. The van der Waals surface area contributed by atoms with E-state index in [4.69, 9.17) is 0 Å². The molecule has 11 atom stereocenters. The number of carbonyl (C=O) groups excluding carboxylic acids is 1. The van der Waals surface area contributed by atoms with Gasteiger partial charge in [-0.15, -0.1) is 0 Å². The Labute approximate surface area is 179 Å². The van der Waals surface area contributed by atoms with E-state index >= 15 is 0 Å². The van der Waals surface area contributed by atoms with Crippen LogP contribution >= 0.6 is 0 Å². The summed E-state index contributed by atoms with van der Waals surface area (Å²) < 4.78 is 105. The minimum atomic E-state index is -6.08. The van der Waals surface area contributed by atoms with E-state index in [0.717, 1.165) is 6.42 Å². The zero-order valence-corrected chi connectivity index (χ0v) is 17.4. The second-order valence-corrected chi connectivity index (χ2v) is 10.6. The third kappa shape index (κ3) is 2.66. The molecule has 4 saturated carbocycles. The molecular formula is C21H25F7O4. The van der Waals surface area contributed by atoms with Crippen molar-refractivity contribution < 1.29 is 50.1 Å². The van der Waals surface area contributed by atoms with Crippen molar-refractivity contribution >= 4 is 5.97 Å². The van der Waals surface area contributed by atoms with E-state index in [-0.39, 0.29) is 17.8 Å². The number of rotatable bonds is 2. The van der Waals surface area contributed by atoms with Crippen molar-refractivity contribution in [1.82, 2.24) is 0 Å². The van der Waals surface area contributed by atoms with Crippen molar-refractivity contribution in [3.63, 3.8) is 0 Å². The predicted molar refractivity (Wildman–Crippen MR) is 93.3 cm³/mol. The number of fused-ring (bicyclic) bond motifs is 9. The van der Waals surface area contributed by atoms with Gasteiger partial charge in [0.15, 0.2) is 0 Å². The number of hydrogen-bond acceptors (Lipinski definition) is 4. The number of esters is 1. The second kappa shape index (κ2) is 6.52. The summed E-state index contributed by atoms with van der Waals surface area (Å²) in [5, 5.41) is 9.45. The molecule has 0 spiro atoms. The van der Waals surface area contributed by atoms with Crippen LogP contribution in [-0.2, 0) is 14.3 Å². The molecule has 4 bridgehead atoms. The first-order chi connectivity index (χ1) is 14.6. The first-order valence-electron chi connectivity index (χ1n) is 11.0. The second-order valence-electron chi connectivity index (χ2n) is 10.6. The molecule has 1 aliphatic heterocycles. The maximum absolute atomic E-state index is 14.5. The standard InChI is InChI=1S/C21H25F7O4/c1-7-8(2)11-5-10(7)14-9-3-12(15(11)14)13(4-9)16(29)32-17-18(22,23)6-31-20(30,19(17,24)25)21(26,27)28/h7-15,17,30H,3-6H2,1-2H3. The van der Waals surface area contributed by atoms with Gasteiger partial charge in [0, 0.05) is 0 Å². The number of aliphatic hydroxyl groups is 1. The molecule has 182 valence electrons. The molecule has 5 rings (SSSR count). The van der Waals surface area contributed by atoms with Gasteiger partial charge in [-0.1, -0.05) is 13.8 Å². The molecule has 4 aliphatic carbocycles. The van der Waals surface area contributed by atoms with E-state index in [9.17, 15) is 40.6 Å². The van der Waals surface area contributed by atoms with Gasteiger partial charge in [-0.2, -0.15) is 30.7 Å². The Bertz CT molecular complexity index is 816. The molecule has 1 saturated heterocycles. The summed E-state index contributed by atoms with van der Waals surface area (Å²) in [7, 11) is 0. The van der Waals surface area contributed by atoms with Gasteiger partial charge in [-0.3, -0.25) is 4.79 Å². The number of halogens is 7. The van der Waals surface area contributed by atoms with Crippen LogP contribution in [-0.4, -0.2) is 47.6 Å². The smallest absolute Gasteiger partial charge is 0.449 e. The minimum absolute atomic E-state index is 0.162. The third-order valence-electron chi connectivity index (χ3n) is 9.40. The summed E-state index contributed by atoms with van der Waals surface area (Å²) >= 11 is 0. The first-order valence-corrected chi connectivity index (χ1v) is 11.0. The Hall–Kier alpha value is -1.10. The van der Waals surface area contributed by atoms with Crippen LogP contribution in [0.5, 0.6) is 0 Å². The van der Waals surface area contributed by atoms with Crippen LogP contribution in [0.1, 0.15) is 33.1 Å². The molecule has 0 aromatic heterocycles. The molecule has 4 nitrogen and oxygen atoms in total. The van der Waals surface area contributed by atoms with Crippen molar-refractivity contribution in [1.29, 1.82) is 0 Å². The predicted octanol–water partition coefficient (Wildman–Crippen LogP) is 4.26. The van der Waals surface area contributed by atoms with E-state index in [1.165, 1.54) is 0 Å². The van der Waals surface area contributed by atoms with E-state index in [1.54, 1.807) is 0 Å². The van der Waals surface area contributed by atoms with E-state index in [2.05, 4.69) is 23.3 Å². The fourth-order valence-electron chi connectivity index (χ4n) is 7.95. The van der Waals surface area contributed by atoms with Crippen LogP contribution in [0.3, 0.4) is 0 Å². The van der Waals surface area contributed by atoms with Crippen molar-refractivity contribution in [2.45, 2.75) is 63.0 Å². The minimum Gasteiger partial charge on any atom is -0.449 e. The van der Waals surface area contributed by atoms with Crippen LogP contribution in [0.2, 0.25) is 0 Å². The van der Waals surface area contributed by atoms with Gasteiger partial charge >= 0.3 is 29.8 Å². The van der Waals surface area contributed by atoms with Gasteiger partial charge in [-0.05, 0) is 66.6 Å². The Morgan fingerprint density at radius 3 is 2.16 bits per heavy atom. The Morgan fingerprint density at radius 2 is 1.56 bits per heavy atom. The zero-order chi connectivity index (χ0) is 23.6. The average Bonchev–Trinajstić information content (AvgIpc) is 3.41. The molecular weight excluding hydrogens is 449 g/mol. The summed E-state index contributed by atoms with van der Waals surface area (Å²) in [6.07, 6.45) is -7.85. The van der Waals surface area contributed by atoms with Crippen LogP contribution < -0.4 is 0 Å². The normalized spacial score (nSPS) is 52.8. The van der Waals surface area contributed by atoms with Crippen molar-refractivity contribution in [2.24, 2.45) is 53.3 Å². The molecule has 1 heterocycles. The molecule has 32 heavy (non-hydrogen) atoms. The lowest BCUT2D eigenvalue weighted by Gasteiger charge is -2.47. The highest BCUT2D eigenvalue weighted by Gasteiger charge is 2.82. The van der Waals surface area contributed by atoms with Crippen LogP contribution in [0.25, 0.3) is 0 Å². The van der Waals surface area contributed by atoms with Gasteiger partial charge in [0.05, 0.1) is 5.92 Å². The summed E-state index contributed by atoms with van der Waals surface area (Å²) in [4.78, 5) is 12.8. The third-order valence-corrected chi connectivity index (χ3v) is 9.40. The lowest BCUT2D eigenvalue weighted by atomic mass is 9.62. The highest BCUT2D eigenvalue weighted by Crippen LogP contribution is 2.71. The zero-order valence-electron chi connectivity index (χ0n) is 17.4. The van der Waals surface area contributed by atoms with Crippen LogP contribution in [0.4, 0.5) is 30.7 Å². The Balaban J connectivity index is 1.37. The van der Waals surface area contributed by atoms with Gasteiger partial charge in [0.25, 0.3) is 0 Å². The van der Waals surface area contributed by atoms with E-state index < -0.39 is 48.4 Å². The van der Waals surface area contributed by atoms with E-state index in [1.807, 2.05) is 0 Å². The van der Waals surface area contributed by atoms with E-state index in [0.29, 0.717) is 42.4 Å². The molecule has 0 radical (unpaired) electrons. The van der Waals surface area contributed by atoms with Crippen LogP contribution in [0.15, 0.2) is 0 Å². The quantitative estimate of drug-likeness (QED) is 0.369. The average molecular weight is 474 g/mol. The lowest BCUT2D eigenvalue weighted by Crippen LogP contribution is -2.74.